The summed E-state index contributed by atoms with van der Waals surface area (Å²) in [5.74, 6) is -0.468. The monoisotopic (exact) mass is 467 g/mol. The van der Waals surface area contributed by atoms with Gasteiger partial charge in [-0.1, -0.05) is 12.1 Å². The summed E-state index contributed by atoms with van der Waals surface area (Å²) in [4.78, 5) is 38.5. The van der Waals surface area contributed by atoms with Crippen molar-refractivity contribution in [2.45, 2.75) is 26.3 Å². The van der Waals surface area contributed by atoms with Gasteiger partial charge in [-0.25, -0.2) is 5.01 Å². The summed E-state index contributed by atoms with van der Waals surface area (Å²) in [6, 6.07) is 12.4. The number of ketones is 1. The lowest BCUT2D eigenvalue weighted by molar-refractivity contribution is -0.135. The smallest absolute Gasteiger partial charge is 0.281 e. The van der Waals surface area contributed by atoms with Gasteiger partial charge in [0.05, 0.1) is 22.3 Å². The fourth-order valence-corrected chi connectivity index (χ4v) is 4.93. The summed E-state index contributed by atoms with van der Waals surface area (Å²) in [6.07, 6.45) is 0.629. The van der Waals surface area contributed by atoms with Crippen LogP contribution in [0.5, 0.6) is 5.75 Å². The highest BCUT2D eigenvalue weighted by Gasteiger charge is 2.34. The van der Waals surface area contributed by atoms with E-state index in [1.807, 2.05) is 35.0 Å². The number of hydrazone groups is 1. The maximum Gasteiger partial charge on any atom is 0.281 e. The molecule has 3 aromatic rings. The Hall–Kier alpha value is -3.30. The minimum atomic E-state index is -0.308. The van der Waals surface area contributed by atoms with Crippen molar-refractivity contribution in [3.63, 3.8) is 0 Å². The molecular weight excluding hydrogens is 446 g/mol. The van der Waals surface area contributed by atoms with Gasteiger partial charge in [-0.15, -0.1) is 22.7 Å². The maximum absolute atomic E-state index is 13.1. The van der Waals surface area contributed by atoms with Crippen molar-refractivity contribution in [3.8, 4) is 5.75 Å². The third-order valence-electron chi connectivity index (χ3n) is 4.89. The number of anilines is 1. The van der Waals surface area contributed by atoms with E-state index < -0.39 is 0 Å². The van der Waals surface area contributed by atoms with Crippen molar-refractivity contribution in [1.29, 1.82) is 0 Å². The van der Waals surface area contributed by atoms with Gasteiger partial charge >= 0.3 is 0 Å². The van der Waals surface area contributed by atoms with Crippen molar-refractivity contribution >= 4 is 51.7 Å². The Kier molecular flexibility index (Phi) is 6.48. The van der Waals surface area contributed by atoms with Gasteiger partial charge in [-0.05, 0) is 48.0 Å². The highest BCUT2D eigenvalue weighted by Crippen LogP contribution is 2.36. The number of thiophene rings is 2. The van der Waals surface area contributed by atoms with Gasteiger partial charge in [0.15, 0.2) is 12.4 Å². The van der Waals surface area contributed by atoms with E-state index in [2.05, 4.69) is 10.4 Å². The average Bonchev–Trinajstić information content (AvgIpc) is 3.53. The third kappa shape index (κ3) is 4.79. The number of Topliss-reactive ketones (excluding diaryl/α,β-unsaturated/α-hetero) is 1. The molecule has 0 unspecified atom stereocenters. The van der Waals surface area contributed by atoms with Gasteiger partial charge in [-0.3, -0.25) is 14.4 Å². The Labute approximate surface area is 193 Å². The van der Waals surface area contributed by atoms with Crippen LogP contribution < -0.4 is 10.1 Å². The molecule has 0 saturated heterocycles. The number of nitrogens with zero attached hydrogens (tertiary/aromatic N) is 2. The molecule has 0 radical (unpaired) electrons. The predicted molar refractivity (Wildman–Crippen MR) is 126 cm³/mol. The van der Waals surface area contributed by atoms with Crippen LogP contribution in [0.25, 0.3) is 0 Å². The van der Waals surface area contributed by atoms with Crippen LogP contribution >= 0.6 is 22.7 Å². The standard InChI is InChI=1S/C23H21N3O4S2/c1-14(27)16-7-8-17(24-15(2)28)20(11-16)30-13-23(29)26-19(22-6-4-10-32-22)12-18(25-26)21-5-3-9-31-21/h3-11,19H,12-13H2,1-2H3,(H,24,28)/t19-/m0/s1. The van der Waals surface area contributed by atoms with Crippen LogP contribution in [0.4, 0.5) is 5.69 Å². The molecule has 32 heavy (non-hydrogen) atoms. The maximum atomic E-state index is 13.1. The second-order valence-corrected chi connectivity index (χ2v) is 9.16. The molecule has 0 aliphatic carbocycles. The van der Waals surface area contributed by atoms with Gasteiger partial charge in [0.2, 0.25) is 5.91 Å². The lowest BCUT2D eigenvalue weighted by Gasteiger charge is -2.21. The van der Waals surface area contributed by atoms with E-state index in [4.69, 9.17) is 4.74 Å². The van der Waals surface area contributed by atoms with Crippen LogP contribution in [-0.4, -0.2) is 34.9 Å². The molecule has 0 spiro atoms. The molecular formula is C23H21N3O4S2. The Morgan fingerprint density at radius 1 is 1.12 bits per heavy atom. The van der Waals surface area contributed by atoms with Gasteiger partial charge in [-0.2, -0.15) is 5.10 Å². The Bertz CT molecular complexity index is 1170. The first kappa shape index (κ1) is 21.9. The molecule has 4 rings (SSSR count). The van der Waals surface area contributed by atoms with E-state index in [0.29, 0.717) is 17.7 Å². The van der Waals surface area contributed by atoms with Crippen molar-refractivity contribution in [2.75, 3.05) is 11.9 Å². The summed E-state index contributed by atoms with van der Waals surface area (Å²) in [5.41, 5.74) is 1.69. The van der Waals surface area contributed by atoms with E-state index >= 15 is 0 Å². The largest absolute Gasteiger partial charge is 0.481 e. The molecule has 1 aromatic carbocycles. The minimum Gasteiger partial charge on any atom is -0.481 e. The van der Waals surface area contributed by atoms with Crippen LogP contribution in [0, 0.1) is 0 Å². The topological polar surface area (TPSA) is 88.1 Å². The number of carbonyl (C=O) groups is 3. The van der Waals surface area contributed by atoms with Crippen molar-refractivity contribution in [1.82, 2.24) is 5.01 Å². The quantitative estimate of drug-likeness (QED) is 0.509. The van der Waals surface area contributed by atoms with Crippen molar-refractivity contribution < 1.29 is 19.1 Å². The Balaban J connectivity index is 1.56. The van der Waals surface area contributed by atoms with Gasteiger partial charge in [0.25, 0.3) is 5.91 Å². The summed E-state index contributed by atoms with van der Waals surface area (Å²) in [6.45, 7) is 2.54. The average molecular weight is 468 g/mol. The number of ether oxygens (including phenoxy) is 1. The Morgan fingerprint density at radius 2 is 1.91 bits per heavy atom. The van der Waals surface area contributed by atoms with Crippen LogP contribution in [0.3, 0.4) is 0 Å². The zero-order chi connectivity index (χ0) is 22.7. The number of rotatable bonds is 7. The normalized spacial score (nSPS) is 15.4. The number of hydrogen-bond donors (Lipinski definition) is 1. The molecule has 2 amide bonds. The zero-order valence-corrected chi connectivity index (χ0v) is 19.2. The third-order valence-corrected chi connectivity index (χ3v) is 6.79. The van der Waals surface area contributed by atoms with Crippen molar-refractivity contribution in [2.24, 2.45) is 5.10 Å². The highest BCUT2D eigenvalue weighted by atomic mass is 32.1. The first-order valence-corrected chi connectivity index (χ1v) is 11.7. The number of nitrogens with one attached hydrogen (secondary N) is 1. The van der Waals surface area contributed by atoms with E-state index in [1.54, 1.807) is 34.8 Å². The second-order valence-electron chi connectivity index (χ2n) is 7.23. The molecule has 164 valence electrons. The number of carbonyl (C=O) groups excluding carboxylic acids is 3. The predicted octanol–water partition coefficient (Wildman–Crippen LogP) is 4.73. The second kappa shape index (κ2) is 9.46. The number of benzene rings is 1. The lowest BCUT2D eigenvalue weighted by Crippen LogP contribution is -2.31. The first-order chi connectivity index (χ1) is 15.4. The van der Waals surface area contributed by atoms with E-state index in [1.165, 1.54) is 24.9 Å². The molecule has 1 atom stereocenters. The van der Waals surface area contributed by atoms with Gasteiger partial charge < -0.3 is 10.1 Å². The molecule has 9 heteroatoms. The van der Waals surface area contributed by atoms with Gasteiger partial charge in [0, 0.05) is 23.8 Å². The summed E-state index contributed by atoms with van der Waals surface area (Å²) >= 11 is 3.17. The van der Waals surface area contributed by atoms with E-state index in [-0.39, 0.29) is 36.0 Å². The molecule has 7 nitrogen and oxygen atoms in total. The van der Waals surface area contributed by atoms with Crippen molar-refractivity contribution in [3.05, 3.63) is 68.5 Å². The van der Waals surface area contributed by atoms with Crippen LogP contribution in [0.2, 0.25) is 0 Å². The fourth-order valence-electron chi connectivity index (χ4n) is 3.39. The van der Waals surface area contributed by atoms with E-state index in [0.717, 1.165) is 15.5 Å². The molecule has 0 fully saturated rings. The fraction of sp³-hybridized carbons (Fsp3) is 0.217. The van der Waals surface area contributed by atoms with Gasteiger partial charge in [0.1, 0.15) is 5.75 Å². The summed E-state index contributed by atoms with van der Waals surface area (Å²) in [5, 5.41) is 12.7. The van der Waals surface area contributed by atoms with Crippen LogP contribution in [-0.2, 0) is 9.59 Å². The molecule has 1 N–H and O–H groups in total. The van der Waals surface area contributed by atoms with Crippen LogP contribution in [0.15, 0.2) is 58.3 Å². The molecule has 0 bridgehead atoms. The molecule has 2 aromatic heterocycles. The lowest BCUT2D eigenvalue weighted by atomic mass is 10.1. The number of amides is 2. The Morgan fingerprint density at radius 3 is 2.56 bits per heavy atom. The molecule has 0 saturated carbocycles. The number of hydrogen-bond acceptors (Lipinski definition) is 7. The zero-order valence-electron chi connectivity index (χ0n) is 17.5. The SMILES string of the molecule is CC(=O)Nc1ccc(C(C)=O)cc1OCC(=O)N1N=C(c2cccs2)C[C@H]1c1cccs1. The molecule has 1 aliphatic rings. The minimum absolute atomic E-state index is 0.141. The summed E-state index contributed by atoms with van der Waals surface area (Å²) in [7, 11) is 0. The first-order valence-electron chi connectivity index (χ1n) is 9.94. The molecule has 1 aliphatic heterocycles. The molecule has 3 heterocycles. The van der Waals surface area contributed by atoms with Crippen LogP contribution in [0.1, 0.15) is 46.4 Å². The highest BCUT2D eigenvalue weighted by molar-refractivity contribution is 7.12. The van der Waals surface area contributed by atoms with E-state index in [9.17, 15) is 14.4 Å². The summed E-state index contributed by atoms with van der Waals surface area (Å²) < 4.78 is 5.77.